The van der Waals surface area contributed by atoms with Gasteiger partial charge in [-0.3, -0.25) is 0 Å². The van der Waals surface area contributed by atoms with Crippen LogP contribution in [0.2, 0.25) is 0 Å². The van der Waals surface area contributed by atoms with Crippen molar-refractivity contribution in [1.29, 1.82) is 5.26 Å². The molecule has 31 heavy (non-hydrogen) atoms. The summed E-state index contributed by atoms with van der Waals surface area (Å²) in [5, 5.41) is 19.7. The molecule has 0 aliphatic heterocycles. The van der Waals surface area contributed by atoms with Gasteiger partial charge in [0, 0.05) is 17.2 Å². The molecular formula is C22H22N4O3S2. The van der Waals surface area contributed by atoms with E-state index in [1.165, 1.54) is 11.3 Å². The third-order valence-electron chi connectivity index (χ3n) is 5.13. The van der Waals surface area contributed by atoms with E-state index in [1.807, 2.05) is 38.1 Å². The van der Waals surface area contributed by atoms with Crippen LogP contribution in [0.25, 0.3) is 21.1 Å². The lowest BCUT2D eigenvalue weighted by Gasteiger charge is -2.25. The van der Waals surface area contributed by atoms with Gasteiger partial charge in [-0.1, -0.05) is 29.5 Å². The molecule has 0 fully saturated rings. The highest BCUT2D eigenvalue weighted by Crippen LogP contribution is 2.39. The first-order valence-corrected chi connectivity index (χ1v) is 12.0. The second kappa shape index (κ2) is 9.14. The highest BCUT2D eigenvalue weighted by molar-refractivity contribution is 7.70. The van der Waals surface area contributed by atoms with Gasteiger partial charge in [0.1, 0.15) is 21.8 Å². The van der Waals surface area contributed by atoms with Gasteiger partial charge in [0.25, 0.3) is 0 Å². The maximum Gasteiger partial charge on any atom is 0.201 e. The van der Waals surface area contributed by atoms with Gasteiger partial charge < -0.3 is 4.74 Å². The molecule has 1 aliphatic carbocycles. The van der Waals surface area contributed by atoms with E-state index in [2.05, 4.69) is 21.0 Å². The summed E-state index contributed by atoms with van der Waals surface area (Å²) in [5.74, 6) is 0.554. The van der Waals surface area contributed by atoms with Crippen molar-refractivity contribution >= 4 is 22.2 Å². The van der Waals surface area contributed by atoms with Gasteiger partial charge in [-0.2, -0.15) is 5.26 Å². The molecule has 1 N–H and O–H groups in total. The Labute approximate surface area is 186 Å². The van der Waals surface area contributed by atoms with E-state index < -0.39 is 10.9 Å². The number of aromatic nitrogens is 2. The number of hydrogen-bond acceptors (Lipinski definition) is 7. The molecule has 1 aliphatic rings. The van der Waals surface area contributed by atoms with Crippen LogP contribution in [0.1, 0.15) is 49.4 Å². The maximum absolute atomic E-state index is 11.2. The van der Waals surface area contributed by atoms with E-state index in [0.717, 1.165) is 46.5 Å². The number of nitrogens with one attached hydrogen (secondary N) is 1. The summed E-state index contributed by atoms with van der Waals surface area (Å²) in [7, 11) is -2.66. The number of ether oxygens (including phenoxy) is 1. The fourth-order valence-corrected chi connectivity index (χ4v) is 5.28. The van der Waals surface area contributed by atoms with Crippen molar-refractivity contribution in [2.75, 3.05) is 0 Å². The zero-order valence-corrected chi connectivity index (χ0v) is 18.9. The van der Waals surface area contributed by atoms with Crippen LogP contribution in [-0.4, -0.2) is 24.7 Å². The van der Waals surface area contributed by atoms with Crippen molar-refractivity contribution in [1.82, 2.24) is 14.9 Å². The quantitative estimate of drug-likeness (QED) is 0.545. The first-order chi connectivity index (χ1) is 15.0. The lowest BCUT2D eigenvalue weighted by atomic mass is 9.85. The van der Waals surface area contributed by atoms with E-state index in [1.54, 1.807) is 12.1 Å². The summed E-state index contributed by atoms with van der Waals surface area (Å²) >= 11 is 1.45. The number of nitriles is 1. The molecule has 1 unspecified atom stereocenters. The summed E-state index contributed by atoms with van der Waals surface area (Å²) in [4.78, 5) is 0. The number of hydrogen-bond donors (Lipinski definition) is 2. The summed E-state index contributed by atoms with van der Waals surface area (Å²) < 4.78 is 30.8. The van der Waals surface area contributed by atoms with Gasteiger partial charge in [-0.05, 0) is 62.4 Å². The summed E-state index contributed by atoms with van der Waals surface area (Å²) in [6, 6.07) is 13.3. The van der Waals surface area contributed by atoms with Crippen molar-refractivity contribution in [3.8, 4) is 33.0 Å². The predicted molar refractivity (Wildman–Crippen MR) is 120 cm³/mol. The van der Waals surface area contributed by atoms with Crippen LogP contribution < -0.4 is 9.46 Å². The van der Waals surface area contributed by atoms with Gasteiger partial charge in [0.2, 0.25) is 10.9 Å². The van der Waals surface area contributed by atoms with E-state index in [-0.39, 0.29) is 12.1 Å². The van der Waals surface area contributed by atoms with E-state index in [0.29, 0.717) is 16.3 Å². The van der Waals surface area contributed by atoms with E-state index >= 15 is 0 Å². The molecule has 9 heteroatoms. The van der Waals surface area contributed by atoms with Crippen LogP contribution in [0.4, 0.5) is 0 Å². The highest BCUT2D eigenvalue weighted by atomic mass is 32.2. The summed E-state index contributed by atoms with van der Waals surface area (Å²) in [6.45, 7) is 3.84. The Morgan fingerprint density at radius 2 is 2.03 bits per heavy atom. The number of rotatable bonds is 6. The Bertz CT molecular complexity index is 1220. The number of thiol groups is 1. The molecule has 0 saturated heterocycles. The molecular weight excluding hydrogens is 432 g/mol. The summed E-state index contributed by atoms with van der Waals surface area (Å²) in [5.41, 5.74) is 4.37. The number of benzene rings is 2. The lowest BCUT2D eigenvalue weighted by Crippen LogP contribution is -2.24. The fourth-order valence-electron chi connectivity index (χ4n) is 3.87. The topological polar surface area (TPSA) is 105 Å². The standard InChI is InChI=1S/C22H22N4O3S2/c1-13(2)29-20-10-9-14(11-15(20)12-23)21-24-25-22(30-21)18-7-3-6-17-16(18)5-4-8-19(17)26-31(27)28/h3,6-7,9-11,13,19,31H,4-5,8H2,1-2H3,(H,26,27,28). The normalized spacial score (nSPS) is 15.6. The van der Waals surface area contributed by atoms with Crippen molar-refractivity contribution in [3.63, 3.8) is 0 Å². The first-order valence-electron chi connectivity index (χ1n) is 10.0. The van der Waals surface area contributed by atoms with Crippen LogP contribution in [0.3, 0.4) is 0 Å². The molecule has 2 aromatic carbocycles. The third kappa shape index (κ3) is 4.61. The van der Waals surface area contributed by atoms with E-state index in [9.17, 15) is 13.7 Å². The highest BCUT2D eigenvalue weighted by Gasteiger charge is 2.24. The molecule has 4 rings (SSSR count). The lowest BCUT2D eigenvalue weighted by molar-refractivity contribution is 0.242. The third-order valence-corrected chi connectivity index (χ3v) is 6.66. The van der Waals surface area contributed by atoms with Gasteiger partial charge in [-0.25, -0.2) is 13.1 Å². The molecule has 1 heterocycles. The van der Waals surface area contributed by atoms with Gasteiger partial charge in [-0.15, -0.1) is 10.2 Å². The van der Waals surface area contributed by atoms with E-state index in [4.69, 9.17) is 4.74 Å². The van der Waals surface area contributed by atoms with Crippen molar-refractivity contribution in [2.45, 2.75) is 45.3 Å². The van der Waals surface area contributed by atoms with Crippen molar-refractivity contribution < 1.29 is 13.2 Å². The second-order valence-electron chi connectivity index (χ2n) is 7.61. The van der Waals surface area contributed by atoms with Crippen molar-refractivity contribution in [2.24, 2.45) is 0 Å². The second-order valence-corrected chi connectivity index (χ2v) is 9.36. The Kier molecular flexibility index (Phi) is 6.32. The van der Waals surface area contributed by atoms with Crippen LogP contribution >= 0.6 is 11.3 Å². The molecule has 0 amide bonds. The minimum atomic E-state index is -2.66. The average Bonchev–Trinajstić information content (AvgIpc) is 3.23. The molecule has 1 atom stereocenters. The largest absolute Gasteiger partial charge is 0.490 e. The number of fused-ring (bicyclic) bond motifs is 1. The maximum atomic E-state index is 11.2. The molecule has 0 bridgehead atoms. The zero-order valence-electron chi connectivity index (χ0n) is 17.2. The van der Waals surface area contributed by atoms with Gasteiger partial charge in [0.05, 0.1) is 11.7 Å². The summed E-state index contributed by atoms with van der Waals surface area (Å²) in [6.07, 6.45) is 2.53. The SMILES string of the molecule is CC(C)Oc1ccc(-c2nnc(-c3cccc4c3CCCC4N[SH](=O)=O)s2)cc1C#N. The van der Waals surface area contributed by atoms with Crippen LogP contribution in [-0.2, 0) is 17.3 Å². The van der Waals surface area contributed by atoms with Crippen LogP contribution in [0.15, 0.2) is 36.4 Å². The first kappa shape index (κ1) is 21.4. The van der Waals surface area contributed by atoms with Crippen LogP contribution in [0.5, 0.6) is 5.75 Å². The number of nitrogens with zero attached hydrogens (tertiary/aromatic N) is 3. The van der Waals surface area contributed by atoms with Gasteiger partial charge in [0.15, 0.2) is 0 Å². The van der Waals surface area contributed by atoms with Gasteiger partial charge >= 0.3 is 0 Å². The smallest absolute Gasteiger partial charge is 0.201 e. The van der Waals surface area contributed by atoms with Crippen LogP contribution in [0, 0.1) is 11.3 Å². The molecule has 3 aromatic rings. The zero-order chi connectivity index (χ0) is 22.0. The molecule has 7 nitrogen and oxygen atoms in total. The Morgan fingerprint density at radius 3 is 2.77 bits per heavy atom. The molecule has 0 saturated carbocycles. The Balaban J connectivity index is 1.68. The van der Waals surface area contributed by atoms with Crippen molar-refractivity contribution in [3.05, 3.63) is 53.1 Å². The Morgan fingerprint density at radius 1 is 1.23 bits per heavy atom. The molecule has 0 spiro atoms. The monoisotopic (exact) mass is 454 g/mol. The minimum absolute atomic E-state index is 0.0200. The molecule has 1 aromatic heterocycles. The molecule has 160 valence electrons. The minimum Gasteiger partial charge on any atom is -0.490 e. The fraction of sp³-hybridized carbons (Fsp3) is 0.318. The molecule has 0 radical (unpaired) electrons. The Hall–Kier alpha value is -2.80. The average molecular weight is 455 g/mol. The predicted octanol–water partition coefficient (Wildman–Crippen LogP) is 4.02.